The summed E-state index contributed by atoms with van der Waals surface area (Å²) < 4.78 is 5.78. The normalized spacial score (nSPS) is 11.7. The highest BCUT2D eigenvalue weighted by Crippen LogP contribution is 2.29. The maximum absolute atomic E-state index is 12.4. The van der Waals surface area contributed by atoms with Crippen LogP contribution in [0.1, 0.15) is 45.8 Å². The average molecular weight is 392 g/mol. The Balaban J connectivity index is 1.64. The minimum absolute atomic E-state index is 0.0803. The number of carbonyl (C=O) groups excluding carboxylic acids is 1. The fourth-order valence-electron chi connectivity index (χ4n) is 3.09. The van der Waals surface area contributed by atoms with Crippen molar-refractivity contribution in [3.63, 3.8) is 0 Å². The van der Waals surface area contributed by atoms with E-state index < -0.39 is 0 Å². The van der Waals surface area contributed by atoms with Gasteiger partial charge in [0.2, 0.25) is 0 Å². The number of aryl methyl sites for hydroxylation is 2. The highest BCUT2D eigenvalue weighted by molar-refractivity contribution is 5.94. The minimum Gasteiger partial charge on any atom is -0.504 e. The van der Waals surface area contributed by atoms with Crippen LogP contribution in [0.4, 0.5) is 0 Å². The average Bonchev–Trinajstić information content (AvgIpc) is 2.69. The number of ether oxygens (including phenoxy) is 1. The number of carbonyl (C=O) groups is 1. The molecule has 3 N–H and O–H groups in total. The van der Waals surface area contributed by atoms with E-state index in [4.69, 9.17) is 4.74 Å². The van der Waals surface area contributed by atoms with Gasteiger partial charge in [-0.15, -0.1) is 0 Å². The Morgan fingerprint density at radius 1 is 1.14 bits per heavy atom. The number of aromatic amines is 1. The molecule has 0 bridgehead atoms. The molecule has 0 aliphatic carbocycles. The van der Waals surface area contributed by atoms with Gasteiger partial charge in [-0.05, 0) is 62.2 Å². The maximum Gasteiger partial charge on any atom is 0.253 e. The van der Waals surface area contributed by atoms with Gasteiger partial charge in [-0.1, -0.05) is 24.3 Å². The fourth-order valence-corrected chi connectivity index (χ4v) is 3.09. The monoisotopic (exact) mass is 392 g/mol. The van der Waals surface area contributed by atoms with Crippen molar-refractivity contribution < 1.29 is 14.6 Å². The highest BCUT2D eigenvalue weighted by Gasteiger charge is 2.13. The number of nitrogens with one attached hydrogen (secondary N) is 2. The van der Waals surface area contributed by atoms with E-state index in [0.29, 0.717) is 16.9 Å². The fraction of sp³-hybridized carbons (Fsp3) is 0.217. The molecule has 0 radical (unpaired) electrons. The molecule has 0 aliphatic rings. The zero-order valence-corrected chi connectivity index (χ0v) is 16.7. The van der Waals surface area contributed by atoms with Crippen LogP contribution >= 0.6 is 0 Å². The third-order valence-electron chi connectivity index (χ3n) is 4.73. The molecule has 0 saturated heterocycles. The number of H-pyrrole nitrogens is 1. The van der Waals surface area contributed by atoms with E-state index in [1.807, 2.05) is 39.0 Å². The van der Waals surface area contributed by atoms with E-state index in [9.17, 15) is 14.7 Å². The molecule has 0 fully saturated rings. The molecule has 1 amide bonds. The molecule has 0 aliphatic heterocycles. The smallest absolute Gasteiger partial charge is 0.253 e. The summed E-state index contributed by atoms with van der Waals surface area (Å²) in [6.07, 6.45) is -0.297. The van der Waals surface area contributed by atoms with Crippen molar-refractivity contribution in [3.8, 4) is 11.5 Å². The lowest BCUT2D eigenvalue weighted by Crippen LogP contribution is -2.27. The zero-order chi connectivity index (χ0) is 21.0. The first-order valence-corrected chi connectivity index (χ1v) is 9.37. The standard InChI is InChI=1S/C23H24N2O4/c1-14-12-15(2)25-23(28)19(14)13-24-22(27)18-10-8-17(9-11-18)16(3)29-21-7-5-4-6-20(21)26/h4-12,16,26H,13H2,1-3H3,(H,24,27)(H,25,28). The second-order valence-corrected chi connectivity index (χ2v) is 6.98. The van der Waals surface area contributed by atoms with Crippen LogP contribution in [0.25, 0.3) is 0 Å². The second kappa shape index (κ2) is 8.65. The first-order chi connectivity index (χ1) is 13.8. The van der Waals surface area contributed by atoms with Crippen molar-refractivity contribution in [2.75, 3.05) is 0 Å². The zero-order valence-electron chi connectivity index (χ0n) is 16.7. The summed E-state index contributed by atoms with van der Waals surface area (Å²) >= 11 is 0. The molecule has 1 unspecified atom stereocenters. The summed E-state index contributed by atoms with van der Waals surface area (Å²) in [5.41, 5.74) is 3.36. The number of aromatic hydroxyl groups is 1. The van der Waals surface area contributed by atoms with Crippen LogP contribution in [0.15, 0.2) is 59.4 Å². The van der Waals surface area contributed by atoms with Crippen LogP contribution in [-0.2, 0) is 6.54 Å². The van der Waals surface area contributed by atoms with Crippen LogP contribution in [-0.4, -0.2) is 16.0 Å². The maximum atomic E-state index is 12.4. The van der Waals surface area contributed by atoms with E-state index >= 15 is 0 Å². The van der Waals surface area contributed by atoms with Crippen molar-refractivity contribution in [2.45, 2.75) is 33.4 Å². The van der Waals surface area contributed by atoms with E-state index in [0.717, 1.165) is 16.8 Å². The SMILES string of the molecule is Cc1cc(C)c(CNC(=O)c2ccc(C(C)Oc3ccccc3O)cc2)c(=O)[nH]1. The van der Waals surface area contributed by atoms with Gasteiger partial charge in [0.25, 0.3) is 11.5 Å². The molecule has 0 spiro atoms. The van der Waals surface area contributed by atoms with Crippen LogP contribution in [0.2, 0.25) is 0 Å². The molecule has 1 heterocycles. The Morgan fingerprint density at radius 2 is 1.83 bits per heavy atom. The number of para-hydroxylation sites is 2. The Labute approximate surface area is 169 Å². The number of hydrogen-bond donors (Lipinski definition) is 3. The Kier molecular flexibility index (Phi) is 6.02. The van der Waals surface area contributed by atoms with Gasteiger partial charge in [0.1, 0.15) is 6.10 Å². The third-order valence-corrected chi connectivity index (χ3v) is 4.73. The molecule has 6 heteroatoms. The number of benzene rings is 2. The molecule has 1 atom stereocenters. The minimum atomic E-state index is -0.297. The molecular formula is C23H24N2O4. The summed E-state index contributed by atoms with van der Waals surface area (Å²) in [6.45, 7) is 5.70. The van der Waals surface area contributed by atoms with Crippen LogP contribution in [0.3, 0.4) is 0 Å². The van der Waals surface area contributed by atoms with Crippen molar-refractivity contribution in [3.05, 3.63) is 92.9 Å². The van der Waals surface area contributed by atoms with Gasteiger partial charge in [0.05, 0.1) is 0 Å². The molecule has 1 aromatic heterocycles. The number of rotatable bonds is 6. The van der Waals surface area contributed by atoms with Gasteiger partial charge >= 0.3 is 0 Å². The number of phenolic OH excluding ortho intramolecular Hbond substituents is 1. The second-order valence-electron chi connectivity index (χ2n) is 6.98. The lowest BCUT2D eigenvalue weighted by Gasteiger charge is -2.16. The van der Waals surface area contributed by atoms with Gasteiger partial charge in [-0.2, -0.15) is 0 Å². The molecule has 3 rings (SSSR count). The van der Waals surface area contributed by atoms with E-state index in [-0.39, 0.29) is 29.9 Å². The number of pyridine rings is 1. The highest BCUT2D eigenvalue weighted by atomic mass is 16.5. The summed E-state index contributed by atoms with van der Waals surface area (Å²) in [4.78, 5) is 27.2. The Morgan fingerprint density at radius 3 is 2.48 bits per heavy atom. The van der Waals surface area contributed by atoms with Crippen molar-refractivity contribution in [1.82, 2.24) is 10.3 Å². The van der Waals surface area contributed by atoms with E-state index in [1.165, 1.54) is 0 Å². The van der Waals surface area contributed by atoms with Crippen molar-refractivity contribution in [2.24, 2.45) is 0 Å². The molecule has 0 saturated carbocycles. The van der Waals surface area contributed by atoms with Crippen molar-refractivity contribution in [1.29, 1.82) is 0 Å². The van der Waals surface area contributed by atoms with Crippen LogP contribution in [0.5, 0.6) is 11.5 Å². The third kappa shape index (κ3) is 4.85. The number of phenols is 1. The van der Waals surface area contributed by atoms with Crippen molar-refractivity contribution >= 4 is 5.91 Å². The summed E-state index contributed by atoms with van der Waals surface area (Å²) in [6, 6.07) is 15.7. The summed E-state index contributed by atoms with van der Waals surface area (Å²) in [5.74, 6) is 0.224. The van der Waals surface area contributed by atoms with E-state index in [1.54, 1.807) is 36.4 Å². The lowest BCUT2D eigenvalue weighted by atomic mass is 10.1. The van der Waals surface area contributed by atoms with Gasteiger partial charge in [-0.3, -0.25) is 9.59 Å². The predicted octanol–water partition coefficient (Wildman–Crippen LogP) is 3.77. The summed E-state index contributed by atoms with van der Waals surface area (Å²) in [5, 5.41) is 12.6. The molecule has 29 heavy (non-hydrogen) atoms. The molecule has 6 nitrogen and oxygen atoms in total. The Bertz CT molecular complexity index is 1070. The number of hydrogen-bond acceptors (Lipinski definition) is 4. The predicted molar refractivity (Wildman–Crippen MR) is 111 cm³/mol. The first-order valence-electron chi connectivity index (χ1n) is 9.37. The largest absolute Gasteiger partial charge is 0.504 e. The topological polar surface area (TPSA) is 91.4 Å². The van der Waals surface area contributed by atoms with Gasteiger partial charge in [0.15, 0.2) is 11.5 Å². The Hall–Kier alpha value is -3.54. The molecule has 2 aromatic carbocycles. The molecular weight excluding hydrogens is 368 g/mol. The quantitative estimate of drug-likeness (QED) is 0.596. The summed E-state index contributed by atoms with van der Waals surface area (Å²) in [7, 11) is 0. The lowest BCUT2D eigenvalue weighted by molar-refractivity contribution is 0.0950. The molecule has 3 aromatic rings. The van der Waals surface area contributed by atoms with Gasteiger partial charge < -0.3 is 20.1 Å². The van der Waals surface area contributed by atoms with Crippen LogP contribution in [0, 0.1) is 13.8 Å². The molecule has 150 valence electrons. The number of amides is 1. The van der Waals surface area contributed by atoms with E-state index in [2.05, 4.69) is 10.3 Å². The first kappa shape index (κ1) is 20.2. The number of aromatic nitrogens is 1. The van der Waals surface area contributed by atoms with Crippen LogP contribution < -0.4 is 15.6 Å². The van der Waals surface area contributed by atoms with Gasteiger partial charge in [-0.25, -0.2) is 0 Å². The van der Waals surface area contributed by atoms with Gasteiger partial charge in [0, 0.05) is 23.4 Å².